The molecule has 4 nitrogen and oxygen atoms in total. The van der Waals surface area contributed by atoms with E-state index in [1.807, 2.05) is 0 Å². The highest BCUT2D eigenvalue weighted by molar-refractivity contribution is 6.29. The molecule has 0 fully saturated rings. The van der Waals surface area contributed by atoms with Crippen LogP contribution in [0, 0.1) is 6.92 Å². The van der Waals surface area contributed by atoms with Gasteiger partial charge in [-0.1, -0.05) is 18.2 Å². The summed E-state index contributed by atoms with van der Waals surface area (Å²) in [6.45, 7) is 5.31. The number of aryl methyl sites for hydroxylation is 1. The summed E-state index contributed by atoms with van der Waals surface area (Å²) < 4.78 is 0. The smallest absolute Gasteiger partial charge is 0.257 e. The van der Waals surface area contributed by atoms with Crippen LogP contribution in [-0.4, -0.2) is 17.4 Å². The van der Waals surface area contributed by atoms with Gasteiger partial charge in [0.15, 0.2) is 5.43 Å². The van der Waals surface area contributed by atoms with Crippen molar-refractivity contribution in [2.24, 2.45) is 0 Å². The molecule has 0 spiro atoms. The molecular formula is C10H11ClN2O2. The van der Waals surface area contributed by atoms with Crippen LogP contribution in [0.3, 0.4) is 0 Å². The first kappa shape index (κ1) is 11.5. The van der Waals surface area contributed by atoms with E-state index in [2.05, 4.69) is 16.9 Å². The Bertz CT molecular complexity index is 451. The van der Waals surface area contributed by atoms with Crippen molar-refractivity contribution < 1.29 is 4.79 Å². The van der Waals surface area contributed by atoms with E-state index in [9.17, 15) is 9.59 Å². The van der Waals surface area contributed by atoms with Crippen molar-refractivity contribution in [1.82, 2.24) is 10.3 Å². The van der Waals surface area contributed by atoms with Crippen LogP contribution in [0.25, 0.3) is 0 Å². The summed E-state index contributed by atoms with van der Waals surface area (Å²) in [5, 5.41) is 2.78. The lowest BCUT2D eigenvalue weighted by molar-refractivity contribution is 0.0956. The number of pyridine rings is 1. The largest absolute Gasteiger partial charge is 0.364 e. The Kier molecular flexibility index (Phi) is 3.68. The highest BCUT2D eigenvalue weighted by Crippen LogP contribution is 1.95. The Morgan fingerprint density at radius 1 is 1.67 bits per heavy atom. The maximum Gasteiger partial charge on any atom is 0.257 e. The highest BCUT2D eigenvalue weighted by atomic mass is 35.5. The molecule has 2 N–H and O–H groups in total. The van der Waals surface area contributed by atoms with Crippen LogP contribution in [0.1, 0.15) is 16.1 Å². The molecule has 1 amide bonds. The first-order valence-corrected chi connectivity index (χ1v) is 4.69. The molecule has 0 atom stereocenters. The van der Waals surface area contributed by atoms with Crippen LogP contribution in [0.5, 0.6) is 0 Å². The lowest BCUT2D eigenvalue weighted by Gasteiger charge is -2.03. The molecule has 0 saturated heterocycles. The Morgan fingerprint density at radius 3 is 2.87 bits per heavy atom. The molecule has 0 aliphatic heterocycles. The summed E-state index contributed by atoms with van der Waals surface area (Å²) in [7, 11) is 0. The molecular weight excluding hydrogens is 216 g/mol. The monoisotopic (exact) mass is 226 g/mol. The summed E-state index contributed by atoms with van der Waals surface area (Å²) in [5.41, 5.74) is 0.459. The van der Waals surface area contributed by atoms with Crippen LogP contribution < -0.4 is 10.7 Å². The summed E-state index contributed by atoms with van der Waals surface area (Å²) in [5.74, 6) is -0.460. The normalized spacial score (nSPS) is 9.73. The summed E-state index contributed by atoms with van der Waals surface area (Å²) >= 11 is 5.48. The minimum Gasteiger partial charge on any atom is -0.364 e. The quantitative estimate of drug-likeness (QED) is 0.813. The summed E-state index contributed by atoms with van der Waals surface area (Å²) in [6.07, 6.45) is 1.38. The number of aromatic nitrogens is 1. The highest BCUT2D eigenvalue weighted by Gasteiger charge is 2.09. The molecule has 0 radical (unpaired) electrons. The van der Waals surface area contributed by atoms with Gasteiger partial charge in [0.05, 0.1) is 6.54 Å². The first-order chi connectivity index (χ1) is 7.00. The second kappa shape index (κ2) is 4.79. The van der Waals surface area contributed by atoms with Crippen LogP contribution in [-0.2, 0) is 0 Å². The summed E-state index contributed by atoms with van der Waals surface area (Å²) in [4.78, 5) is 25.6. The molecule has 1 rings (SSSR count). The number of carbonyl (C=O) groups excluding carboxylic acids is 1. The fourth-order valence-electron chi connectivity index (χ4n) is 1.02. The van der Waals surface area contributed by atoms with Gasteiger partial charge in [-0.3, -0.25) is 9.59 Å². The predicted molar refractivity (Wildman–Crippen MR) is 59.1 cm³/mol. The number of aromatic amines is 1. The van der Waals surface area contributed by atoms with E-state index in [1.165, 1.54) is 12.3 Å². The molecule has 1 heterocycles. The summed E-state index contributed by atoms with van der Waals surface area (Å²) in [6, 6.07) is 1.37. The molecule has 15 heavy (non-hydrogen) atoms. The standard InChI is InChI=1S/C10H11ClN2O2/c1-6(11)4-13-10(15)8-5-12-7(2)3-9(8)14/h3,5H,1,4H2,2H3,(H,12,14)(H,13,15). The first-order valence-electron chi connectivity index (χ1n) is 4.31. The van der Waals surface area contributed by atoms with Crippen molar-refractivity contribution in [3.63, 3.8) is 0 Å². The average molecular weight is 227 g/mol. The Hall–Kier alpha value is -1.55. The van der Waals surface area contributed by atoms with Gasteiger partial charge >= 0.3 is 0 Å². The Labute approximate surface area is 92.0 Å². The van der Waals surface area contributed by atoms with Gasteiger partial charge < -0.3 is 10.3 Å². The van der Waals surface area contributed by atoms with E-state index in [-0.39, 0.29) is 17.5 Å². The molecule has 80 valence electrons. The Morgan fingerprint density at radius 2 is 2.33 bits per heavy atom. The maximum atomic E-state index is 11.5. The molecule has 0 aliphatic carbocycles. The number of nitrogens with one attached hydrogen (secondary N) is 2. The molecule has 0 aromatic carbocycles. The fraction of sp³-hybridized carbons (Fsp3) is 0.200. The van der Waals surface area contributed by atoms with Gasteiger partial charge in [0.25, 0.3) is 5.91 Å². The van der Waals surface area contributed by atoms with Crippen molar-refractivity contribution in [3.05, 3.63) is 45.4 Å². The maximum absolute atomic E-state index is 11.5. The zero-order valence-electron chi connectivity index (χ0n) is 8.26. The number of carbonyl (C=O) groups is 1. The molecule has 0 saturated carbocycles. The minimum absolute atomic E-state index is 0.0681. The van der Waals surface area contributed by atoms with E-state index in [0.717, 1.165) is 0 Å². The van der Waals surface area contributed by atoms with E-state index >= 15 is 0 Å². The topological polar surface area (TPSA) is 62.0 Å². The van der Waals surface area contributed by atoms with Crippen LogP contribution in [0.2, 0.25) is 0 Å². The van der Waals surface area contributed by atoms with Crippen LogP contribution >= 0.6 is 11.6 Å². The van der Waals surface area contributed by atoms with Crippen molar-refractivity contribution >= 4 is 17.5 Å². The predicted octanol–water partition coefficient (Wildman–Crippen LogP) is 1.17. The number of rotatable bonds is 3. The SMILES string of the molecule is C=C(Cl)CNC(=O)c1c[nH]c(C)cc1=O. The van der Waals surface area contributed by atoms with E-state index < -0.39 is 5.91 Å². The third-order valence-electron chi connectivity index (χ3n) is 1.74. The lowest BCUT2D eigenvalue weighted by Crippen LogP contribution is -2.29. The Balaban J connectivity index is 2.83. The van der Waals surface area contributed by atoms with Gasteiger partial charge in [-0.05, 0) is 6.92 Å². The second-order valence-electron chi connectivity index (χ2n) is 3.09. The zero-order chi connectivity index (χ0) is 11.4. The minimum atomic E-state index is -0.460. The van der Waals surface area contributed by atoms with Crippen molar-refractivity contribution in [2.75, 3.05) is 6.54 Å². The van der Waals surface area contributed by atoms with Gasteiger partial charge in [0.1, 0.15) is 5.56 Å². The van der Waals surface area contributed by atoms with Crippen molar-refractivity contribution in [2.45, 2.75) is 6.92 Å². The van der Waals surface area contributed by atoms with Gasteiger partial charge in [0.2, 0.25) is 0 Å². The average Bonchev–Trinajstić information content (AvgIpc) is 2.14. The molecule has 1 aromatic heterocycles. The second-order valence-corrected chi connectivity index (χ2v) is 3.63. The molecule has 5 heteroatoms. The van der Waals surface area contributed by atoms with Gasteiger partial charge in [-0.25, -0.2) is 0 Å². The van der Waals surface area contributed by atoms with E-state index in [4.69, 9.17) is 11.6 Å². The number of amides is 1. The number of hydrogen-bond acceptors (Lipinski definition) is 2. The van der Waals surface area contributed by atoms with Crippen molar-refractivity contribution in [3.8, 4) is 0 Å². The molecule has 0 bridgehead atoms. The van der Waals surface area contributed by atoms with Gasteiger partial charge in [-0.15, -0.1) is 0 Å². The number of halogens is 1. The van der Waals surface area contributed by atoms with Crippen LogP contribution in [0.4, 0.5) is 0 Å². The lowest BCUT2D eigenvalue weighted by atomic mass is 10.2. The zero-order valence-corrected chi connectivity index (χ0v) is 9.02. The molecule has 0 aliphatic rings. The molecule has 1 aromatic rings. The number of hydrogen-bond donors (Lipinski definition) is 2. The van der Waals surface area contributed by atoms with E-state index in [0.29, 0.717) is 10.7 Å². The van der Waals surface area contributed by atoms with Gasteiger partial charge in [0, 0.05) is 23.0 Å². The van der Waals surface area contributed by atoms with Gasteiger partial charge in [-0.2, -0.15) is 0 Å². The third kappa shape index (κ3) is 3.25. The third-order valence-corrected chi connectivity index (χ3v) is 1.88. The van der Waals surface area contributed by atoms with E-state index in [1.54, 1.807) is 6.92 Å². The van der Waals surface area contributed by atoms with Crippen molar-refractivity contribution in [1.29, 1.82) is 0 Å². The fourth-order valence-corrected chi connectivity index (χ4v) is 1.09. The molecule has 0 unspecified atom stereocenters. The van der Waals surface area contributed by atoms with Crippen LogP contribution in [0.15, 0.2) is 28.7 Å². The number of H-pyrrole nitrogens is 1.